The van der Waals surface area contributed by atoms with E-state index in [-0.39, 0.29) is 0 Å². The van der Waals surface area contributed by atoms with Crippen LogP contribution in [0.4, 0.5) is 0 Å². The minimum absolute atomic E-state index is 0.365. The molecule has 1 aliphatic rings. The number of benzene rings is 7. The predicted molar refractivity (Wildman–Crippen MR) is 270 cm³/mol. The second-order valence-electron chi connectivity index (χ2n) is 16.6. The van der Waals surface area contributed by atoms with E-state index in [0.717, 1.165) is 107 Å². The third-order valence-electron chi connectivity index (χ3n) is 12.6. The van der Waals surface area contributed by atoms with E-state index in [9.17, 15) is 0 Å². The largest absolute Gasteiger partial charge is 0.455 e. The Morgan fingerprint density at radius 1 is 0.569 bits per heavy atom. The van der Waals surface area contributed by atoms with Gasteiger partial charge in [0.05, 0.1) is 22.8 Å². The summed E-state index contributed by atoms with van der Waals surface area (Å²) in [6, 6.07) is 59.1. The fourth-order valence-electron chi connectivity index (χ4n) is 9.14. The maximum absolute atomic E-state index is 6.74. The van der Waals surface area contributed by atoms with Crippen molar-refractivity contribution >= 4 is 43.9 Å². The van der Waals surface area contributed by atoms with Crippen molar-refractivity contribution in [2.24, 2.45) is 5.92 Å². The molecule has 3 aromatic heterocycles. The summed E-state index contributed by atoms with van der Waals surface area (Å²) in [5, 5.41) is 4.47. The molecule has 10 aromatic rings. The molecule has 0 fully saturated rings. The standard InChI is InChI=1S/C60H44N4O/c1-4-39(5-2)52-36-54(46-21-11-9-16-38(46)3)63-59(61-52)44-30-26-41(27-31-44)48-34-35-49(58-57(48)51-23-13-14-25-56(51)65-58)42-28-32-45(33-29-42)60-62-53(43-18-7-6-8-19-43)37-55(64-60)50-24-15-20-40-17-10-12-22-47(40)50/h4-15,17-38H,1,16H2,2-3H3/b39-5+. The lowest BCUT2D eigenvalue weighted by Crippen LogP contribution is -2.06. The van der Waals surface area contributed by atoms with Gasteiger partial charge in [0.2, 0.25) is 0 Å². The van der Waals surface area contributed by atoms with Gasteiger partial charge in [-0.1, -0.05) is 189 Å². The van der Waals surface area contributed by atoms with E-state index in [1.54, 1.807) is 0 Å². The molecule has 0 saturated carbocycles. The molecule has 0 aliphatic heterocycles. The van der Waals surface area contributed by atoms with E-state index in [2.05, 4.69) is 171 Å². The van der Waals surface area contributed by atoms with Gasteiger partial charge in [-0.15, -0.1) is 0 Å². The molecule has 5 heteroatoms. The molecule has 0 radical (unpaired) electrons. The molecule has 5 nitrogen and oxygen atoms in total. The molecular weight excluding hydrogens is 793 g/mol. The predicted octanol–water partition coefficient (Wildman–Crippen LogP) is 15.9. The van der Waals surface area contributed by atoms with Gasteiger partial charge in [0.25, 0.3) is 0 Å². The Morgan fingerprint density at radius 3 is 1.95 bits per heavy atom. The number of aromatic nitrogens is 4. The monoisotopic (exact) mass is 836 g/mol. The first-order chi connectivity index (χ1) is 32.0. The van der Waals surface area contributed by atoms with Crippen LogP contribution >= 0.6 is 0 Å². The normalized spacial score (nSPS) is 14.0. The molecule has 0 saturated heterocycles. The molecule has 0 amide bonds. The molecule has 310 valence electrons. The maximum Gasteiger partial charge on any atom is 0.160 e. The lowest BCUT2D eigenvalue weighted by atomic mass is 9.90. The molecule has 1 unspecified atom stereocenters. The van der Waals surface area contributed by atoms with Gasteiger partial charge in [-0.2, -0.15) is 0 Å². The van der Waals surface area contributed by atoms with Crippen LogP contribution in [0.2, 0.25) is 0 Å². The third kappa shape index (κ3) is 7.37. The van der Waals surface area contributed by atoms with E-state index in [1.165, 1.54) is 11.0 Å². The van der Waals surface area contributed by atoms with E-state index in [1.807, 2.05) is 49.4 Å². The molecule has 0 N–H and O–H groups in total. The van der Waals surface area contributed by atoms with Crippen molar-refractivity contribution in [2.45, 2.75) is 20.3 Å². The average molecular weight is 837 g/mol. The summed E-state index contributed by atoms with van der Waals surface area (Å²) in [5.74, 6) is 1.72. The van der Waals surface area contributed by atoms with Crippen molar-refractivity contribution in [3.63, 3.8) is 0 Å². The summed E-state index contributed by atoms with van der Waals surface area (Å²) in [5.41, 5.74) is 15.7. The van der Waals surface area contributed by atoms with Gasteiger partial charge in [0.15, 0.2) is 11.6 Å². The van der Waals surface area contributed by atoms with E-state index in [0.29, 0.717) is 17.6 Å². The van der Waals surface area contributed by atoms with E-state index >= 15 is 0 Å². The first-order valence-corrected chi connectivity index (χ1v) is 22.2. The van der Waals surface area contributed by atoms with Gasteiger partial charge in [-0.3, -0.25) is 0 Å². The van der Waals surface area contributed by atoms with E-state index < -0.39 is 0 Å². The van der Waals surface area contributed by atoms with Crippen LogP contribution in [-0.4, -0.2) is 19.9 Å². The number of nitrogens with zero attached hydrogens (tertiary/aromatic N) is 4. The number of hydrogen-bond donors (Lipinski definition) is 0. The number of rotatable bonds is 9. The van der Waals surface area contributed by atoms with Gasteiger partial charge in [-0.05, 0) is 82.1 Å². The van der Waals surface area contributed by atoms with Crippen LogP contribution in [0.5, 0.6) is 0 Å². The van der Waals surface area contributed by atoms with Crippen molar-refractivity contribution < 1.29 is 4.42 Å². The Balaban J connectivity index is 0.976. The van der Waals surface area contributed by atoms with Crippen molar-refractivity contribution in [1.82, 2.24) is 19.9 Å². The molecule has 3 heterocycles. The van der Waals surface area contributed by atoms with Gasteiger partial charge in [0.1, 0.15) is 11.2 Å². The first-order valence-electron chi connectivity index (χ1n) is 22.2. The SMILES string of the molecule is C=C/C(=C\C)c1cc(C2=CC=CCC2C)nc(-c2ccc(-c3ccc(-c4ccc(-c5nc(-c6ccccc6)cc(-c6cccc7ccccc67)n5)cc4)c4oc5ccccc5c34)cc2)n1. The highest BCUT2D eigenvalue weighted by molar-refractivity contribution is 6.16. The molecule has 65 heavy (non-hydrogen) atoms. The third-order valence-corrected chi connectivity index (χ3v) is 12.6. The van der Waals surface area contributed by atoms with Crippen molar-refractivity contribution in [1.29, 1.82) is 0 Å². The smallest absolute Gasteiger partial charge is 0.160 e. The van der Waals surface area contributed by atoms with Gasteiger partial charge in [0, 0.05) is 38.6 Å². The fraction of sp³-hybridized carbons (Fsp3) is 0.0667. The zero-order valence-corrected chi connectivity index (χ0v) is 36.2. The number of fused-ring (bicyclic) bond motifs is 4. The summed E-state index contributed by atoms with van der Waals surface area (Å²) in [6.45, 7) is 8.33. The van der Waals surface area contributed by atoms with Gasteiger partial charge >= 0.3 is 0 Å². The molecule has 7 aromatic carbocycles. The van der Waals surface area contributed by atoms with Crippen LogP contribution < -0.4 is 0 Å². The number of para-hydroxylation sites is 1. The Morgan fingerprint density at radius 2 is 1.20 bits per heavy atom. The Labute approximate surface area is 378 Å². The van der Waals surface area contributed by atoms with Gasteiger partial charge < -0.3 is 4.42 Å². The Kier molecular flexibility index (Phi) is 10.2. The highest BCUT2D eigenvalue weighted by Crippen LogP contribution is 2.43. The molecule has 11 rings (SSSR count). The first kappa shape index (κ1) is 39.6. The van der Waals surface area contributed by atoms with Crippen molar-refractivity contribution in [2.75, 3.05) is 0 Å². The number of furan rings is 1. The van der Waals surface area contributed by atoms with Crippen LogP contribution in [0.15, 0.2) is 211 Å². The molecule has 1 aliphatic carbocycles. The van der Waals surface area contributed by atoms with Crippen LogP contribution in [0.25, 0.3) is 111 Å². The van der Waals surface area contributed by atoms with Crippen molar-refractivity contribution in [3.8, 4) is 67.5 Å². The summed E-state index contributed by atoms with van der Waals surface area (Å²) in [6.07, 6.45) is 11.4. The molecule has 0 bridgehead atoms. The number of allylic oxidation sites excluding steroid dienone is 7. The zero-order chi connectivity index (χ0) is 43.9. The minimum atomic E-state index is 0.365. The zero-order valence-electron chi connectivity index (χ0n) is 36.2. The highest BCUT2D eigenvalue weighted by atomic mass is 16.3. The van der Waals surface area contributed by atoms with Crippen LogP contribution in [0, 0.1) is 5.92 Å². The highest BCUT2D eigenvalue weighted by Gasteiger charge is 2.20. The molecule has 1 atom stereocenters. The fourth-order valence-corrected chi connectivity index (χ4v) is 9.14. The van der Waals surface area contributed by atoms with E-state index in [4.69, 9.17) is 24.4 Å². The topological polar surface area (TPSA) is 64.7 Å². The maximum atomic E-state index is 6.74. The molecule has 0 spiro atoms. The summed E-state index contributed by atoms with van der Waals surface area (Å²) in [4.78, 5) is 20.5. The van der Waals surface area contributed by atoms with Crippen LogP contribution in [-0.2, 0) is 0 Å². The average Bonchev–Trinajstić information content (AvgIpc) is 3.77. The second kappa shape index (κ2) is 16.8. The van der Waals surface area contributed by atoms with Gasteiger partial charge in [-0.25, -0.2) is 19.9 Å². The second-order valence-corrected chi connectivity index (χ2v) is 16.6. The summed E-state index contributed by atoms with van der Waals surface area (Å²) in [7, 11) is 0. The Bertz CT molecular complexity index is 3540. The van der Waals surface area contributed by atoms with Crippen molar-refractivity contribution in [3.05, 3.63) is 218 Å². The minimum Gasteiger partial charge on any atom is -0.455 e. The Hall–Kier alpha value is -8.28. The lowest BCUT2D eigenvalue weighted by molar-refractivity contribution is 0.670. The summed E-state index contributed by atoms with van der Waals surface area (Å²) < 4.78 is 6.74. The van der Waals surface area contributed by atoms with Crippen LogP contribution in [0.3, 0.4) is 0 Å². The summed E-state index contributed by atoms with van der Waals surface area (Å²) >= 11 is 0. The lowest BCUT2D eigenvalue weighted by Gasteiger charge is -2.18. The quantitative estimate of drug-likeness (QED) is 0.136. The number of hydrogen-bond acceptors (Lipinski definition) is 5. The van der Waals surface area contributed by atoms with Crippen LogP contribution in [0.1, 0.15) is 31.7 Å². The molecular formula is C60H44N4O.